The summed E-state index contributed by atoms with van der Waals surface area (Å²) in [4.78, 5) is 12.0. The number of nitrogens with zero attached hydrogens (tertiary/aromatic N) is 1. The van der Waals surface area contributed by atoms with E-state index >= 15 is 0 Å². The second kappa shape index (κ2) is 7.45. The van der Waals surface area contributed by atoms with Crippen molar-refractivity contribution in [1.29, 1.82) is 0 Å². The minimum Gasteiger partial charge on any atom is -0.335 e. The van der Waals surface area contributed by atoms with Crippen molar-refractivity contribution in [3.63, 3.8) is 0 Å². The first kappa shape index (κ1) is 16.5. The lowest BCUT2D eigenvalue weighted by molar-refractivity contribution is 0.220. The minimum absolute atomic E-state index is 0.0805. The number of amides is 2. The summed E-state index contributed by atoms with van der Waals surface area (Å²) in [6.45, 7) is 2.67. The monoisotopic (exact) mass is 317 g/mol. The van der Waals surface area contributed by atoms with Gasteiger partial charge >= 0.3 is 6.03 Å². The van der Waals surface area contributed by atoms with E-state index in [1.165, 1.54) is 23.6 Å². The number of piperidine rings is 1. The van der Waals surface area contributed by atoms with Gasteiger partial charge in [0.2, 0.25) is 10.0 Å². The molecule has 0 spiro atoms. The summed E-state index contributed by atoms with van der Waals surface area (Å²) in [5.74, 6) is 0.146. The first-order valence-electron chi connectivity index (χ1n) is 8.06. The molecule has 2 fully saturated rings. The highest BCUT2D eigenvalue weighted by atomic mass is 32.2. The lowest BCUT2D eigenvalue weighted by Crippen LogP contribution is -2.51. The molecule has 2 aliphatic rings. The van der Waals surface area contributed by atoms with Crippen LogP contribution in [0.1, 0.15) is 51.9 Å². The van der Waals surface area contributed by atoms with Crippen LogP contribution in [0.5, 0.6) is 0 Å². The lowest BCUT2D eigenvalue weighted by atomic mass is 9.96. The van der Waals surface area contributed by atoms with Crippen LogP contribution in [0, 0.1) is 0 Å². The van der Waals surface area contributed by atoms with Crippen molar-refractivity contribution in [2.45, 2.75) is 64.0 Å². The number of carbonyl (C=O) groups is 1. The number of carbonyl (C=O) groups excluding carboxylic acids is 1. The maximum absolute atomic E-state index is 12.0. The molecule has 1 saturated carbocycles. The Morgan fingerprint density at radius 3 is 2.05 bits per heavy atom. The average molecular weight is 317 g/mol. The molecular formula is C14H27N3O3S. The van der Waals surface area contributed by atoms with Gasteiger partial charge in [-0.2, -0.15) is 0 Å². The first-order chi connectivity index (χ1) is 10.0. The van der Waals surface area contributed by atoms with Gasteiger partial charge < -0.3 is 10.6 Å². The Morgan fingerprint density at radius 2 is 1.52 bits per heavy atom. The Balaban J connectivity index is 1.71. The van der Waals surface area contributed by atoms with Gasteiger partial charge in [-0.3, -0.25) is 0 Å². The van der Waals surface area contributed by atoms with Crippen LogP contribution in [0.3, 0.4) is 0 Å². The zero-order valence-electron chi connectivity index (χ0n) is 12.8. The van der Waals surface area contributed by atoms with Gasteiger partial charge in [-0.15, -0.1) is 0 Å². The normalized spacial score (nSPS) is 22.9. The molecule has 0 radical (unpaired) electrons. The summed E-state index contributed by atoms with van der Waals surface area (Å²) in [5.41, 5.74) is 0. The third-order valence-corrected chi connectivity index (χ3v) is 6.37. The maximum Gasteiger partial charge on any atom is 0.315 e. The highest BCUT2D eigenvalue weighted by molar-refractivity contribution is 7.89. The summed E-state index contributed by atoms with van der Waals surface area (Å²) in [7, 11) is -3.09. The van der Waals surface area contributed by atoms with Gasteiger partial charge in [0.15, 0.2) is 0 Å². The Kier molecular flexibility index (Phi) is 5.87. The van der Waals surface area contributed by atoms with Crippen LogP contribution in [0.2, 0.25) is 0 Å². The molecule has 0 aromatic heterocycles. The van der Waals surface area contributed by atoms with Crippen LogP contribution < -0.4 is 10.6 Å². The summed E-state index contributed by atoms with van der Waals surface area (Å²) >= 11 is 0. The van der Waals surface area contributed by atoms with Gasteiger partial charge in [-0.1, -0.05) is 19.3 Å². The fourth-order valence-corrected chi connectivity index (χ4v) is 4.25. The molecule has 1 aliphatic heterocycles. The second-order valence-corrected chi connectivity index (χ2v) is 8.28. The molecule has 0 aromatic carbocycles. The Morgan fingerprint density at radius 1 is 1.00 bits per heavy atom. The molecule has 2 N–H and O–H groups in total. The molecule has 0 aromatic rings. The van der Waals surface area contributed by atoms with E-state index in [1.807, 2.05) is 0 Å². The topological polar surface area (TPSA) is 78.5 Å². The first-order valence-corrected chi connectivity index (χ1v) is 9.67. The fraction of sp³-hybridized carbons (Fsp3) is 0.929. The maximum atomic E-state index is 12.0. The number of nitrogens with one attached hydrogen (secondary N) is 2. The van der Waals surface area contributed by atoms with E-state index in [1.54, 1.807) is 6.92 Å². The smallest absolute Gasteiger partial charge is 0.315 e. The van der Waals surface area contributed by atoms with Crippen LogP contribution >= 0.6 is 0 Å². The SMILES string of the molecule is CCS(=O)(=O)N1CCC(NC(=O)NC2CCCCC2)CC1. The van der Waals surface area contributed by atoms with E-state index < -0.39 is 10.0 Å². The molecule has 1 saturated heterocycles. The number of rotatable bonds is 4. The Bertz CT molecular complexity index is 438. The largest absolute Gasteiger partial charge is 0.335 e. The molecule has 21 heavy (non-hydrogen) atoms. The van der Waals surface area contributed by atoms with Crippen molar-refractivity contribution >= 4 is 16.1 Å². The van der Waals surface area contributed by atoms with Crippen LogP contribution in [-0.4, -0.2) is 49.7 Å². The molecule has 0 atom stereocenters. The van der Waals surface area contributed by atoms with Crippen LogP contribution in [0.15, 0.2) is 0 Å². The molecular weight excluding hydrogens is 290 g/mol. The fourth-order valence-electron chi connectivity index (χ4n) is 3.12. The lowest BCUT2D eigenvalue weighted by Gasteiger charge is -2.32. The van der Waals surface area contributed by atoms with E-state index in [0.29, 0.717) is 32.0 Å². The highest BCUT2D eigenvalue weighted by Gasteiger charge is 2.27. The van der Waals surface area contributed by atoms with Crippen molar-refractivity contribution < 1.29 is 13.2 Å². The molecule has 0 bridgehead atoms. The third kappa shape index (κ3) is 4.85. The number of hydrogen-bond acceptors (Lipinski definition) is 3. The van der Waals surface area contributed by atoms with Crippen molar-refractivity contribution in [2.24, 2.45) is 0 Å². The number of hydrogen-bond donors (Lipinski definition) is 2. The average Bonchev–Trinajstić information content (AvgIpc) is 2.48. The molecule has 6 nitrogen and oxygen atoms in total. The van der Waals surface area contributed by atoms with Gasteiger partial charge in [0, 0.05) is 25.2 Å². The second-order valence-electron chi connectivity index (χ2n) is 6.03. The van der Waals surface area contributed by atoms with Crippen molar-refractivity contribution in [1.82, 2.24) is 14.9 Å². The van der Waals surface area contributed by atoms with Crippen molar-refractivity contribution in [3.8, 4) is 0 Å². The Hall–Kier alpha value is -0.820. The van der Waals surface area contributed by atoms with Gasteiger partial charge in [0.25, 0.3) is 0 Å². The molecule has 7 heteroatoms. The summed E-state index contributed by atoms with van der Waals surface area (Å²) in [6, 6.07) is 0.287. The van der Waals surface area contributed by atoms with Gasteiger partial charge in [0.05, 0.1) is 5.75 Å². The minimum atomic E-state index is -3.09. The standard InChI is InChI=1S/C14H27N3O3S/c1-2-21(19,20)17-10-8-13(9-11-17)16-14(18)15-12-6-4-3-5-7-12/h12-13H,2-11H2,1H3,(H2,15,16,18). The van der Waals surface area contributed by atoms with E-state index in [4.69, 9.17) is 0 Å². The van der Waals surface area contributed by atoms with Crippen LogP contribution in [0.25, 0.3) is 0 Å². The molecule has 2 rings (SSSR count). The number of sulfonamides is 1. The quantitative estimate of drug-likeness (QED) is 0.823. The zero-order chi connectivity index (χ0) is 15.3. The van der Waals surface area contributed by atoms with Gasteiger partial charge in [0.1, 0.15) is 0 Å². The van der Waals surface area contributed by atoms with Crippen molar-refractivity contribution in [2.75, 3.05) is 18.8 Å². The summed E-state index contributed by atoms with van der Waals surface area (Å²) < 4.78 is 25.1. The van der Waals surface area contributed by atoms with E-state index in [-0.39, 0.29) is 17.8 Å². The summed E-state index contributed by atoms with van der Waals surface area (Å²) in [5, 5.41) is 6.02. The predicted molar refractivity (Wildman–Crippen MR) is 82.6 cm³/mol. The molecule has 0 unspecified atom stereocenters. The van der Waals surface area contributed by atoms with Crippen molar-refractivity contribution in [3.05, 3.63) is 0 Å². The third-order valence-electron chi connectivity index (χ3n) is 4.49. The van der Waals surface area contributed by atoms with E-state index in [2.05, 4.69) is 10.6 Å². The zero-order valence-corrected chi connectivity index (χ0v) is 13.6. The van der Waals surface area contributed by atoms with E-state index in [0.717, 1.165) is 12.8 Å². The molecule has 122 valence electrons. The molecule has 1 aliphatic carbocycles. The number of urea groups is 1. The molecule has 1 heterocycles. The van der Waals surface area contributed by atoms with E-state index in [9.17, 15) is 13.2 Å². The van der Waals surface area contributed by atoms with Gasteiger partial charge in [-0.05, 0) is 32.6 Å². The highest BCUT2D eigenvalue weighted by Crippen LogP contribution is 2.18. The Labute approximate surface area is 127 Å². The predicted octanol–water partition coefficient (Wildman–Crippen LogP) is 1.43. The summed E-state index contributed by atoms with van der Waals surface area (Å²) in [6.07, 6.45) is 7.18. The van der Waals surface area contributed by atoms with Gasteiger partial charge in [-0.25, -0.2) is 17.5 Å². The van der Waals surface area contributed by atoms with Crippen LogP contribution in [0.4, 0.5) is 4.79 Å². The van der Waals surface area contributed by atoms with Crippen LogP contribution in [-0.2, 0) is 10.0 Å². The molecule has 2 amide bonds.